The van der Waals surface area contributed by atoms with Crippen molar-refractivity contribution < 1.29 is 40.4 Å². The molecule has 0 fully saturated rings. The summed E-state index contributed by atoms with van der Waals surface area (Å²) in [6.45, 7) is 11.5. The Kier molecular flexibility index (Phi) is 11.2. The van der Waals surface area contributed by atoms with E-state index in [2.05, 4.69) is 40.7 Å². The highest BCUT2D eigenvalue weighted by molar-refractivity contribution is 7.86. The van der Waals surface area contributed by atoms with E-state index in [0.717, 1.165) is 45.9 Å². The van der Waals surface area contributed by atoms with E-state index >= 15 is 0 Å². The van der Waals surface area contributed by atoms with Crippen molar-refractivity contribution in [1.82, 2.24) is 0 Å². The molecule has 260 valence electrons. The molecule has 0 bridgehead atoms. The van der Waals surface area contributed by atoms with Crippen LogP contribution >= 0.6 is 0 Å². The molecular formula is C36H47N2O8S2+. The number of unbranched alkanes of at least 4 members (excludes halogenated alkanes) is 2. The third-order valence-corrected chi connectivity index (χ3v) is 11.1. The number of carboxylic acids is 1. The second-order valence-corrected chi connectivity index (χ2v) is 16.3. The number of fused-ring (bicyclic) bond motifs is 2. The van der Waals surface area contributed by atoms with Crippen LogP contribution in [0.25, 0.3) is 0 Å². The fourth-order valence-corrected chi connectivity index (χ4v) is 8.07. The van der Waals surface area contributed by atoms with Gasteiger partial charge in [0.15, 0.2) is 5.71 Å². The van der Waals surface area contributed by atoms with Crippen molar-refractivity contribution in [1.29, 1.82) is 0 Å². The molecule has 2 aliphatic heterocycles. The smallest absolute Gasteiger partial charge is 0.303 e. The first-order valence-electron chi connectivity index (χ1n) is 16.3. The van der Waals surface area contributed by atoms with E-state index < -0.39 is 37.0 Å². The molecule has 0 saturated carbocycles. The minimum atomic E-state index is -4.34. The Balaban J connectivity index is 1.67. The number of anilines is 1. The molecule has 0 saturated heterocycles. The van der Waals surface area contributed by atoms with Crippen LogP contribution < -0.4 is 4.90 Å². The Morgan fingerprint density at radius 1 is 0.917 bits per heavy atom. The second kappa shape index (κ2) is 14.5. The van der Waals surface area contributed by atoms with Gasteiger partial charge in [-0.05, 0) is 95.7 Å². The van der Waals surface area contributed by atoms with Crippen molar-refractivity contribution in [2.24, 2.45) is 0 Å². The molecule has 3 N–H and O–H groups in total. The average molecular weight is 700 g/mol. The van der Waals surface area contributed by atoms with Crippen molar-refractivity contribution in [3.63, 3.8) is 0 Å². The van der Waals surface area contributed by atoms with E-state index in [1.807, 2.05) is 52.0 Å². The SMILES string of the molecule is CC[N+]1=C(/C=C/C=C/C=C2/N(CCCCS(=O)(=O)O)c3cc(C)ccc3C2(C)CCCCC(=O)O)C(C)(C)c2cc(S(=O)(=O)O)ccc21. The lowest BCUT2D eigenvalue weighted by Gasteiger charge is -2.30. The summed E-state index contributed by atoms with van der Waals surface area (Å²) in [5.74, 6) is -1.12. The van der Waals surface area contributed by atoms with Gasteiger partial charge in [0, 0.05) is 47.5 Å². The van der Waals surface area contributed by atoms with Crippen molar-refractivity contribution in [3.05, 3.63) is 89.2 Å². The van der Waals surface area contributed by atoms with Crippen molar-refractivity contribution >= 4 is 43.3 Å². The summed E-state index contributed by atoms with van der Waals surface area (Å²) >= 11 is 0. The zero-order valence-corrected chi connectivity index (χ0v) is 29.9. The summed E-state index contributed by atoms with van der Waals surface area (Å²) in [6.07, 6.45) is 12.9. The molecule has 10 nitrogen and oxygen atoms in total. The minimum absolute atomic E-state index is 0.102. The lowest BCUT2D eigenvalue weighted by atomic mass is 9.77. The van der Waals surface area contributed by atoms with Crippen LogP contribution in [0.3, 0.4) is 0 Å². The highest BCUT2D eigenvalue weighted by Gasteiger charge is 2.45. The van der Waals surface area contributed by atoms with E-state index in [1.54, 1.807) is 6.07 Å². The van der Waals surface area contributed by atoms with Crippen LogP contribution in [0.2, 0.25) is 0 Å². The van der Waals surface area contributed by atoms with Gasteiger partial charge in [0.05, 0.1) is 16.1 Å². The van der Waals surface area contributed by atoms with E-state index in [9.17, 15) is 35.8 Å². The van der Waals surface area contributed by atoms with Crippen LogP contribution in [0.15, 0.2) is 77.4 Å². The van der Waals surface area contributed by atoms with Gasteiger partial charge in [-0.25, -0.2) is 0 Å². The first-order chi connectivity index (χ1) is 22.4. The Labute approximate surface area is 284 Å². The van der Waals surface area contributed by atoms with Crippen molar-refractivity contribution in [2.75, 3.05) is 23.7 Å². The molecule has 0 spiro atoms. The van der Waals surface area contributed by atoms with Crippen LogP contribution in [0.1, 0.15) is 82.9 Å². The molecule has 1 atom stereocenters. The maximum atomic E-state index is 11.8. The first kappa shape index (κ1) is 37.2. The Bertz CT molecular complexity index is 1910. The van der Waals surface area contributed by atoms with Gasteiger partial charge in [-0.1, -0.05) is 36.8 Å². The third kappa shape index (κ3) is 8.16. The number of carboxylic acid groups (broad SMARTS) is 1. The van der Waals surface area contributed by atoms with Gasteiger partial charge in [-0.2, -0.15) is 21.4 Å². The van der Waals surface area contributed by atoms with Gasteiger partial charge in [0.1, 0.15) is 6.54 Å². The lowest BCUT2D eigenvalue weighted by Crippen LogP contribution is -2.29. The van der Waals surface area contributed by atoms with E-state index in [4.69, 9.17) is 0 Å². The molecule has 2 aromatic rings. The monoisotopic (exact) mass is 699 g/mol. The van der Waals surface area contributed by atoms with E-state index in [-0.39, 0.29) is 17.1 Å². The van der Waals surface area contributed by atoms with E-state index in [0.29, 0.717) is 38.8 Å². The number of nitrogens with zero attached hydrogens (tertiary/aromatic N) is 2. The van der Waals surface area contributed by atoms with Crippen LogP contribution in [0.5, 0.6) is 0 Å². The van der Waals surface area contributed by atoms with E-state index in [1.165, 1.54) is 12.1 Å². The van der Waals surface area contributed by atoms with Gasteiger partial charge in [-0.15, -0.1) is 0 Å². The molecule has 12 heteroatoms. The van der Waals surface area contributed by atoms with Crippen molar-refractivity contribution in [3.8, 4) is 0 Å². The standard InChI is InChI=1S/C36H46N2O8S2/c1-6-37-30-20-18-27(48(44,45)46)25-29(30)35(3,4)32(37)14-8-7-9-15-33-36(5,21-11-10-16-34(39)40)28-19-17-26(2)24-31(28)38(33)22-12-13-23-47(41,42)43/h7-9,14-15,17-20,24-25H,6,10-13,16,21-23H2,1-5H3,(H2-,39,40,41,42,43,44,45,46)/p+1. The summed E-state index contributed by atoms with van der Waals surface area (Å²) in [7, 11) is -8.40. The Hall–Kier alpha value is -3.58. The van der Waals surface area contributed by atoms with Crippen LogP contribution in [-0.2, 0) is 35.9 Å². The third-order valence-electron chi connectivity index (χ3n) is 9.45. The largest absolute Gasteiger partial charge is 0.481 e. The fourth-order valence-electron chi connectivity index (χ4n) is 7.00. The number of aryl methyl sites for hydroxylation is 1. The fraction of sp³-hybridized carbons (Fsp3) is 0.444. The molecule has 1 unspecified atom stereocenters. The summed E-state index contributed by atoms with van der Waals surface area (Å²) in [6, 6.07) is 11.0. The van der Waals surface area contributed by atoms with Crippen LogP contribution in [0.4, 0.5) is 11.4 Å². The number of hydrogen-bond donors (Lipinski definition) is 3. The van der Waals surface area contributed by atoms with Crippen LogP contribution in [-0.4, -0.2) is 66.1 Å². The predicted molar refractivity (Wildman–Crippen MR) is 189 cm³/mol. The molecule has 0 amide bonds. The zero-order valence-electron chi connectivity index (χ0n) is 28.3. The number of aliphatic carboxylic acids is 1. The summed E-state index contributed by atoms with van der Waals surface area (Å²) in [5, 5.41) is 9.20. The van der Waals surface area contributed by atoms with Gasteiger partial charge in [0.2, 0.25) is 5.69 Å². The molecule has 0 aromatic heterocycles. The quantitative estimate of drug-likeness (QED) is 0.0796. The predicted octanol–water partition coefficient (Wildman–Crippen LogP) is 6.73. The average Bonchev–Trinajstić information content (AvgIpc) is 3.35. The molecular weight excluding hydrogens is 653 g/mol. The molecule has 2 aliphatic rings. The molecule has 48 heavy (non-hydrogen) atoms. The second-order valence-electron chi connectivity index (χ2n) is 13.3. The van der Waals surface area contributed by atoms with Gasteiger partial charge in [-0.3, -0.25) is 13.9 Å². The number of carbonyl (C=O) groups is 1. The minimum Gasteiger partial charge on any atom is -0.481 e. The normalized spacial score (nSPS) is 20.0. The number of rotatable bonds is 15. The Morgan fingerprint density at radius 2 is 1.65 bits per heavy atom. The molecule has 2 heterocycles. The molecule has 0 radical (unpaired) electrons. The maximum Gasteiger partial charge on any atom is 0.303 e. The highest BCUT2D eigenvalue weighted by Crippen LogP contribution is 2.51. The lowest BCUT2D eigenvalue weighted by molar-refractivity contribution is -0.433. The first-order valence-corrected chi connectivity index (χ1v) is 19.3. The topological polar surface area (TPSA) is 152 Å². The summed E-state index contributed by atoms with van der Waals surface area (Å²) in [4.78, 5) is 13.3. The molecule has 0 aliphatic carbocycles. The highest BCUT2D eigenvalue weighted by atomic mass is 32.2. The van der Waals surface area contributed by atoms with Gasteiger partial charge in [0.25, 0.3) is 20.2 Å². The number of benzene rings is 2. The Morgan fingerprint density at radius 3 is 2.29 bits per heavy atom. The summed E-state index contributed by atoms with van der Waals surface area (Å²) < 4.78 is 67.4. The number of hydrogen-bond acceptors (Lipinski definition) is 6. The number of allylic oxidation sites excluding steroid dienone is 6. The summed E-state index contributed by atoms with van der Waals surface area (Å²) in [5.41, 5.74) is 6.06. The van der Waals surface area contributed by atoms with Gasteiger partial charge >= 0.3 is 5.97 Å². The maximum absolute atomic E-state index is 11.8. The molecule has 2 aromatic carbocycles. The molecule has 4 rings (SSSR count). The van der Waals surface area contributed by atoms with Crippen LogP contribution in [0, 0.1) is 6.92 Å². The van der Waals surface area contributed by atoms with Gasteiger partial charge < -0.3 is 10.0 Å². The van der Waals surface area contributed by atoms with Crippen molar-refractivity contribution in [2.45, 2.75) is 88.9 Å². The zero-order chi connectivity index (χ0) is 35.5.